The summed E-state index contributed by atoms with van der Waals surface area (Å²) in [4.78, 5) is 50.6. The maximum absolute atomic E-state index is 12.9. The van der Waals surface area contributed by atoms with E-state index in [1.54, 1.807) is 31.4 Å². The van der Waals surface area contributed by atoms with Crippen LogP contribution in [0.5, 0.6) is 11.6 Å². The zero-order valence-electron chi connectivity index (χ0n) is 33.4. The molecule has 55 heavy (non-hydrogen) atoms. The minimum absolute atomic E-state index is 0.000301. The first-order valence-corrected chi connectivity index (χ1v) is 22.8. The van der Waals surface area contributed by atoms with Crippen molar-refractivity contribution in [2.75, 3.05) is 25.1 Å². The smallest absolute Gasteiger partial charge is 0.335 e. The van der Waals surface area contributed by atoms with Gasteiger partial charge in [-0.2, -0.15) is 9.97 Å². The van der Waals surface area contributed by atoms with Crippen molar-refractivity contribution in [2.45, 2.75) is 123 Å². The van der Waals surface area contributed by atoms with Gasteiger partial charge in [-0.1, -0.05) is 81.4 Å². The highest BCUT2D eigenvalue weighted by Gasteiger charge is 2.62. The Labute approximate surface area is 323 Å². The quantitative estimate of drug-likeness (QED) is 0.0762. The Bertz CT molecular complexity index is 1840. The summed E-state index contributed by atoms with van der Waals surface area (Å²) in [6, 6.07) is 5.84. The molecular formula is C36H54N6O11Si2. The number of ether oxygens (including phenoxy) is 4. The number of anilines is 1. The summed E-state index contributed by atoms with van der Waals surface area (Å²) < 4.78 is 47.8. The van der Waals surface area contributed by atoms with E-state index in [0.717, 1.165) is 0 Å². The van der Waals surface area contributed by atoms with Gasteiger partial charge in [0, 0.05) is 12.0 Å². The van der Waals surface area contributed by atoms with Gasteiger partial charge in [-0.3, -0.25) is 24.8 Å². The minimum atomic E-state index is -3.17. The van der Waals surface area contributed by atoms with E-state index in [1.165, 1.54) is 24.5 Å². The average Bonchev–Trinajstić information content (AvgIpc) is 3.67. The molecular weight excluding hydrogens is 749 g/mol. The molecule has 0 unspecified atom stereocenters. The van der Waals surface area contributed by atoms with Crippen LogP contribution >= 0.6 is 0 Å². The SMILES string of the molecule is CCOC(=O)CO[C@@H]1[C@@H]2O[Si](C(C)C)(C(C)C)O[Si](C(C)C)(C(C)C)OC[C@H]2O[C@H]1n1cnc2c(Oc3ccccc3[N+](=O)[O-])nc(NC(=O)C(C)C)nc21. The van der Waals surface area contributed by atoms with Gasteiger partial charge in [-0.25, -0.2) is 9.78 Å². The zero-order chi connectivity index (χ0) is 40.4. The molecule has 2 aliphatic heterocycles. The van der Waals surface area contributed by atoms with Crippen molar-refractivity contribution in [2.24, 2.45) is 5.92 Å². The summed E-state index contributed by atoms with van der Waals surface area (Å²) in [6.07, 6.45) is -1.91. The largest absolute Gasteiger partial charge is 0.464 e. The number of nitro groups is 1. The predicted octanol–water partition coefficient (Wildman–Crippen LogP) is 6.92. The van der Waals surface area contributed by atoms with Crippen LogP contribution in [0.4, 0.5) is 11.6 Å². The van der Waals surface area contributed by atoms with E-state index in [1.807, 2.05) is 0 Å². The first kappa shape index (κ1) is 42.3. The van der Waals surface area contributed by atoms with E-state index in [2.05, 4.69) is 75.7 Å². The molecule has 0 bridgehead atoms. The molecule has 1 N–H and O–H groups in total. The second-order valence-electron chi connectivity index (χ2n) is 15.4. The van der Waals surface area contributed by atoms with Gasteiger partial charge in [-0.15, -0.1) is 0 Å². The van der Waals surface area contributed by atoms with Crippen LogP contribution in [0.1, 0.15) is 82.4 Å². The van der Waals surface area contributed by atoms with E-state index >= 15 is 0 Å². The molecule has 0 spiro atoms. The number of fused-ring (bicyclic) bond motifs is 2. The van der Waals surface area contributed by atoms with Crippen molar-refractivity contribution in [1.82, 2.24) is 19.5 Å². The van der Waals surface area contributed by atoms with Crippen molar-refractivity contribution in [3.05, 3.63) is 40.7 Å². The maximum Gasteiger partial charge on any atom is 0.335 e. The van der Waals surface area contributed by atoms with Gasteiger partial charge in [0.1, 0.15) is 24.9 Å². The number of nitrogens with one attached hydrogen (secondary N) is 1. The molecule has 1 amide bonds. The molecule has 0 radical (unpaired) electrons. The third-order valence-corrected chi connectivity index (χ3v) is 20.3. The Morgan fingerprint density at radius 2 is 1.65 bits per heavy atom. The second-order valence-corrected chi connectivity index (χ2v) is 24.2. The van der Waals surface area contributed by atoms with E-state index in [9.17, 15) is 19.7 Å². The fourth-order valence-corrected chi connectivity index (χ4v) is 18.4. The number of nitro benzene ring substituents is 1. The lowest BCUT2D eigenvalue weighted by molar-refractivity contribution is -0.385. The molecule has 19 heteroatoms. The Hall–Kier alpha value is -3.86. The van der Waals surface area contributed by atoms with E-state index in [0.29, 0.717) is 0 Å². The number of hydrogen-bond acceptors (Lipinski definition) is 14. The zero-order valence-corrected chi connectivity index (χ0v) is 35.4. The topological polar surface area (TPSA) is 198 Å². The highest BCUT2D eigenvalue weighted by atomic mass is 28.5. The van der Waals surface area contributed by atoms with Crippen LogP contribution in [0, 0.1) is 16.0 Å². The van der Waals surface area contributed by atoms with Crippen LogP contribution in [-0.4, -0.2) is 91.6 Å². The van der Waals surface area contributed by atoms with Gasteiger partial charge in [0.15, 0.2) is 17.4 Å². The lowest BCUT2D eigenvalue weighted by atomic mass is 10.1. The van der Waals surface area contributed by atoms with Crippen LogP contribution in [0.2, 0.25) is 22.2 Å². The predicted molar refractivity (Wildman–Crippen MR) is 206 cm³/mol. The highest BCUT2D eigenvalue weighted by Crippen LogP contribution is 2.49. The summed E-state index contributed by atoms with van der Waals surface area (Å²) in [5.41, 5.74) is 0.175. The van der Waals surface area contributed by atoms with E-state index in [4.69, 9.17) is 31.9 Å². The van der Waals surface area contributed by atoms with E-state index < -0.39 is 65.1 Å². The van der Waals surface area contributed by atoms with Gasteiger partial charge in [0.25, 0.3) is 5.88 Å². The Morgan fingerprint density at radius 1 is 1.00 bits per heavy atom. The maximum atomic E-state index is 12.9. The van der Waals surface area contributed by atoms with Crippen LogP contribution in [0.25, 0.3) is 11.2 Å². The number of esters is 1. The number of amides is 1. The van der Waals surface area contributed by atoms with Crippen LogP contribution in [-0.2, 0) is 36.8 Å². The summed E-state index contributed by atoms with van der Waals surface area (Å²) in [5.74, 6) is -1.72. The lowest BCUT2D eigenvalue weighted by Crippen LogP contribution is -2.66. The van der Waals surface area contributed by atoms with Crippen molar-refractivity contribution in [1.29, 1.82) is 0 Å². The molecule has 0 aliphatic carbocycles. The molecule has 17 nitrogen and oxygen atoms in total. The fraction of sp³-hybridized carbons (Fsp3) is 0.639. The molecule has 2 aliphatic rings. The summed E-state index contributed by atoms with van der Waals surface area (Å²) in [6.45, 7) is 22.0. The normalized spacial score (nSPS) is 22.3. The van der Waals surface area contributed by atoms with Gasteiger partial charge >= 0.3 is 28.8 Å². The molecule has 0 saturated carbocycles. The first-order chi connectivity index (χ1) is 25.9. The van der Waals surface area contributed by atoms with Gasteiger partial charge in [0.05, 0.1) is 24.5 Å². The number of aromatic nitrogens is 4. The Morgan fingerprint density at radius 3 is 2.25 bits per heavy atom. The summed E-state index contributed by atoms with van der Waals surface area (Å²) in [5, 5.41) is 14.6. The van der Waals surface area contributed by atoms with Crippen molar-refractivity contribution in [3.63, 3.8) is 0 Å². The fourth-order valence-electron chi connectivity index (χ4n) is 7.15. The number of carbonyl (C=O) groups excluding carboxylic acids is 2. The van der Waals surface area contributed by atoms with Gasteiger partial charge in [-0.05, 0) is 35.2 Å². The van der Waals surface area contributed by atoms with Crippen molar-refractivity contribution >= 4 is 51.8 Å². The number of benzene rings is 1. The molecule has 1 aromatic carbocycles. The Kier molecular flexibility index (Phi) is 13.2. The van der Waals surface area contributed by atoms with Gasteiger partial charge in [0.2, 0.25) is 17.6 Å². The molecule has 2 fully saturated rings. The standard InChI is InChI=1S/C36H54N6O11Si2/c1-12-47-28(43)18-48-31-30-27(17-49-54(21(4)5,22(6)7)53-55(52-30,23(8)9)24(10)11)51-35(31)41-19-37-29-32(41)38-36(39-33(44)20(2)3)40-34(29)50-26-16-14-13-15-25(26)42(45)46/h13-16,19-24,27,30-31,35H,12,17-18H2,1-11H3,(H,38,39,40,44)/t27-,30-,31-,35-/m1/s1. The minimum Gasteiger partial charge on any atom is -0.464 e. The van der Waals surface area contributed by atoms with Crippen LogP contribution in [0.15, 0.2) is 30.6 Å². The number of nitrogens with zero attached hydrogens (tertiary/aromatic N) is 5. The van der Waals surface area contributed by atoms with Crippen LogP contribution < -0.4 is 10.1 Å². The molecule has 3 aromatic rings. The molecule has 2 aromatic heterocycles. The first-order valence-electron chi connectivity index (χ1n) is 18.9. The Balaban J connectivity index is 1.68. The van der Waals surface area contributed by atoms with Crippen molar-refractivity contribution in [3.8, 4) is 11.6 Å². The molecule has 4 atom stereocenters. The number of imidazole rings is 1. The number of hydrogen-bond donors (Lipinski definition) is 1. The van der Waals surface area contributed by atoms with E-state index in [-0.39, 0.29) is 75.7 Å². The highest BCUT2D eigenvalue weighted by molar-refractivity contribution is 6.84. The number of para-hydroxylation sites is 2. The monoisotopic (exact) mass is 802 g/mol. The number of carbonyl (C=O) groups is 2. The molecule has 302 valence electrons. The summed E-state index contributed by atoms with van der Waals surface area (Å²) in [7, 11) is -6.10. The average molecular weight is 803 g/mol. The third kappa shape index (κ3) is 8.47. The lowest BCUT2D eigenvalue weighted by Gasteiger charge is -2.51. The summed E-state index contributed by atoms with van der Waals surface area (Å²) >= 11 is 0. The van der Waals surface area contributed by atoms with Crippen LogP contribution in [0.3, 0.4) is 0 Å². The second kappa shape index (κ2) is 17.1. The molecule has 5 rings (SSSR count). The molecule has 2 saturated heterocycles. The number of rotatable bonds is 14. The third-order valence-electron chi connectivity index (χ3n) is 10.0. The van der Waals surface area contributed by atoms with Gasteiger partial charge < -0.3 is 31.9 Å². The molecule has 4 heterocycles. The van der Waals surface area contributed by atoms with Crippen molar-refractivity contribution < 1.29 is 46.4 Å².